The topological polar surface area (TPSA) is 12.0 Å². The smallest absolute Gasteiger partial charge is 0.0281 e. The summed E-state index contributed by atoms with van der Waals surface area (Å²) < 4.78 is 0.570. The normalized spacial score (nSPS) is 31.6. The summed E-state index contributed by atoms with van der Waals surface area (Å²) in [5.74, 6) is 0.937. The molecule has 112 valence electrons. The van der Waals surface area contributed by atoms with E-state index in [2.05, 4.69) is 44.1 Å². The van der Waals surface area contributed by atoms with Crippen LogP contribution in [-0.2, 0) is 0 Å². The molecule has 1 nitrogen and oxygen atoms in total. The number of hydrogen-bond acceptors (Lipinski definition) is 2. The second kappa shape index (κ2) is 6.39. The first-order chi connectivity index (χ1) is 8.95. The largest absolute Gasteiger partial charge is 0.313 e. The lowest BCUT2D eigenvalue weighted by Crippen LogP contribution is -2.43. The van der Waals surface area contributed by atoms with Crippen molar-refractivity contribution in [2.24, 2.45) is 11.3 Å². The van der Waals surface area contributed by atoms with E-state index in [9.17, 15) is 0 Å². The van der Waals surface area contributed by atoms with Gasteiger partial charge in [0.2, 0.25) is 0 Å². The van der Waals surface area contributed by atoms with E-state index in [1.165, 1.54) is 57.9 Å². The highest BCUT2D eigenvalue weighted by Crippen LogP contribution is 2.41. The summed E-state index contributed by atoms with van der Waals surface area (Å²) in [4.78, 5) is 0. The van der Waals surface area contributed by atoms with Gasteiger partial charge in [0.15, 0.2) is 0 Å². The first-order valence-electron chi connectivity index (χ1n) is 8.24. The predicted octanol–water partition coefficient (Wildman–Crippen LogP) is 4.86. The van der Waals surface area contributed by atoms with Gasteiger partial charge in [-0.05, 0) is 56.1 Å². The van der Waals surface area contributed by atoms with Gasteiger partial charge in [0.25, 0.3) is 0 Å². The Morgan fingerprint density at radius 1 is 1.05 bits per heavy atom. The number of rotatable bonds is 4. The molecule has 0 saturated heterocycles. The van der Waals surface area contributed by atoms with Crippen LogP contribution in [0.15, 0.2) is 0 Å². The van der Waals surface area contributed by atoms with E-state index in [4.69, 9.17) is 0 Å². The van der Waals surface area contributed by atoms with Gasteiger partial charge in [0.05, 0.1) is 0 Å². The maximum absolute atomic E-state index is 3.91. The average molecular weight is 284 g/mol. The molecule has 2 saturated carbocycles. The minimum atomic E-state index is 0.511. The summed E-state index contributed by atoms with van der Waals surface area (Å²) >= 11 is 2.11. The van der Waals surface area contributed by atoms with Crippen LogP contribution in [0, 0.1) is 11.3 Å². The minimum Gasteiger partial charge on any atom is -0.313 e. The van der Waals surface area contributed by atoms with Gasteiger partial charge in [-0.1, -0.05) is 33.6 Å². The van der Waals surface area contributed by atoms with Gasteiger partial charge in [-0.2, -0.15) is 11.8 Å². The third-order valence-electron chi connectivity index (χ3n) is 5.61. The van der Waals surface area contributed by atoms with Crippen molar-refractivity contribution in [2.75, 3.05) is 12.8 Å². The SMILES string of the molecule is CSC1(CNC2CCC(C(C)(C)C)CC2)CCCC1. The molecule has 2 aliphatic carbocycles. The fraction of sp³-hybridized carbons (Fsp3) is 1.00. The van der Waals surface area contributed by atoms with Crippen LogP contribution in [0.2, 0.25) is 0 Å². The highest BCUT2D eigenvalue weighted by molar-refractivity contribution is 8.00. The van der Waals surface area contributed by atoms with E-state index in [1.54, 1.807) is 0 Å². The minimum absolute atomic E-state index is 0.511. The second-order valence-corrected chi connectivity index (χ2v) is 9.16. The van der Waals surface area contributed by atoms with Crippen LogP contribution in [0.1, 0.15) is 72.1 Å². The molecule has 0 spiro atoms. The average Bonchev–Trinajstić information content (AvgIpc) is 2.85. The molecule has 0 aromatic carbocycles. The van der Waals surface area contributed by atoms with Crippen LogP contribution in [0.5, 0.6) is 0 Å². The molecule has 19 heavy (non-hydrogen) atoms. The first kappa shape index (κ1) is 15.7. The van der Waals surface area contributed by atoms with Crippen molar-refractivity contribution >= 4 is 11.8 Å². The van der Waals surface area contributed by atoms with Gasteiger partial charge in [0.1, 0.15) is 0 Å². The standard InChI is InChI=1S/C17H33NS/c1-16(2,3)14-7-9-15(10-8-14)18-13-17(19-4)11-5-6-12-17/h14-15,18H,5-13H2,1-4H3. The third-order valence-corrected chi connectivity index (χ3v) is 7.03. The maximum atomic E-state index is 3.91. The molecule has 2 aliphatic rings. The van der Waals surface area contributed by atoms with E-state index in [0.29, 0.717) is 10.2 Å². The van der Waals surface area contributed by atoms with Crippen molar-refractivity contribution in [3.63, 3.8) is 0 Å². The fourth-order valence-corrected chi connectivity index (χ4v) is 4.89. The molecule has 0 aromatic rings. The van der Waals surface area contributed by atoms with Gasteiger partial charge in [0, 0.05) is 17.3 Å². The molecular formula is C17H33NS. The Morgan fingerprint density at radius 3 is 2.11 bits per heavy atom. The summed E-state index contributed by atoms with van der Waals surface area (Å²) in [6.45, 7) is 8.48. The van der Waals surface area contributed by atoms with Crippen molar-refractivity contribution in [3.8, 4) is 0 Å². The summed E-state index contributed by atoms with van der Waals surface area (Å²) in [7, 11) is 0. The molecule has 1 N–H and O–H groups in total. The molecule has 0 unspecified atom stereocenters. The summed E-state index contributed by atoms with van der Waals surface area (Å²) in [5.41, 5.74) is 0.511. The molecule has 0 aromatic heterocycles. The zero-order valence-corrected chi connectivity index (χ0v) is 14.2. The van der Waals surface area contributed by atoms with Crippen LogP contribution < -0.4 is 5.32 Å². The molecule has 0 heterocycles. The molecule has 0 atom stereocenters. The van der Waals surface area contributed by atoms with Gasteiger partial charge >= 0.3 is 0 Å². The lowest BCUT2D eigenvalue weighted by molar-refractivity contribution is 0.159. The Kier molecular flexibility index (Phi) is 5.28. The summed E-state index contributed by atoms with van der Waals surface area (Å²) in [5, 5.41) is 3.91. The highest BCUT2D eigenvalue weighted by atomic mass is 32.2. The Labute approximate surface area is 124 Å². The van der Waals surface area contributed by atoms with Crippen molar-refractivity contribution < 1.29 is 0 Å². The van der Waals surface area contributed by atoms with E-state index in [1.807, 2.05) is 0 Å². The van der Waals surface area contributed by atoms with E-state index < -0.39 is 0 Å². The molecule has 0 bridgehead atoms. The van der Waals surface area contributed by atoms with E-state index in [0.717, 1.165) is 12.0 Å². The van der Waals surface area contributed by atoms with Gasteiger partial charge in [-0.3, -0.25) is 0 Å². The molecule has 0 amide bonds. The molecule has 2 fully saturated rings. The second-order valence-electron chi connectivity index (χ2n) is 7.89. The Hall–Kier alpha value is 0.310. The highest BCUT2D eigenvalue weighted by Gasteiger charge is 2.34. The van der Waals surface area contributed by atoms with Gasteiger partial charge in [-0.15, -0.1) is 0 Å². The van der Waals surface area contributed by atoms with E-state index >= 15 is 0 Å². The Morgan fingerprint density at radius 2 is 1.63 bits per heavy atom. The first-order valence-corrected chi connectivity index (χ1v) is 9.46. The molecule has 2 rings (SSSR count). The quantitative estimate of drug-likeness (QED) is 0.791. The predicted molar refractivity (Wildman–Crippen MR) is 87.9 cm³/mol. The van der Waals surface area contributed by atoms with Crippen LogP contribution >= 0.6 is 11.8 Å². The maximum Gasteiger partial charge on any atom is 0.0281 e. The Bertz CT molecular complexity index is 267. The lowest BCUT2D eigenvalue weighted by atomic mass is 9.71. The lowest BCUT2D eigenvalue weighted by Gasteiger charge is -2.38. The van der Waals surface area contributed by atoms with Gasteiger partial charge in [-0.25, -0.2) is 0 Å². The van der Waals surface area contributed by atoms with Crippen LogP contribution in [0.25, 0.3) is 0 Å². The van der Waals surface area contributed by atoms with Crippen LogP contribution in [0.3, 0.4) is 0 Å². The van der Waals surface area contributed by atoms with E-state index in [-0.39, 0.29) is 0 Å². The van der Waals surface area contributed by atoms with Crippen molar-refractivity contribution in [3.05, 3.63) is 0 Å². The fourth-order valence-electron chi connectivity index (χ4n) is 3.97. The molecule has 0 aliphatic heterocycles. The number of nitrogens with one attached hydrogen (secondary N) is 1. The molecule has 2 heteroatoms. The zero-order valence-electron chi connectivity index (χ0n) is 13.4. The molecule has 0 radical (unpaired) electrons. The van der Waals surface area contributed by atoms with Crippen molar-refractivity contribution in [1.82, 2.24) is 5.32 Å². The van der Waals surface area contributed by atoms with Crippen molar-refractivity contribution in [2.45, 2.75) is 82.9 Å². The Balaban J connectivity index is 1.74. The monoisotopic (exact) mass is 283 g/mol. The van der Waals surface area contributed by atoms with Crippen LogP contribution in [-0.4, -0.2) is 23.6 Å². The number of thioether (sulfide) groups is 1. The third kappa shape index (κ3) is 4.14. The number of hydrogen-bond donors (Lipinski definition) is 1. The van der Waals surface area contributed by atoms with Crippen molar-refractivity contribution in [1.29, 1.82) is 0 Å². The zero-order chi connectivity index (χ0) is 13.9. The van der Waals surface area contributed by atoms with Crippen LogP contribution in [0.4, 0.5) is 0 Å². The van der Waals surface area contributed by atoms with Gasteiger partial charge < -0.3 is 5.32 Å². The summed E-state index contributed by atoms with van der Waals surface area (Å²) in [6, 6.07) is 0.795. The summed E-state index contributed by atoms with van der Waals surface area (Å²) in [6.07, 6.45) is 13.7. The molecular weight excluding hydrogens is 250 g/mol.